The fourth-order valence-electron chi connectivity index (χ4n) is 2.80. The first-order valence-corrected chi connectivity index (χ1v) is 7.63. The van der Waals surface area contributed by atoms with Crippen molar-refractivity contribution < 1.29 is 0 Å². The maximum absolute atomic E-state index is 6.28. The number of piperazine rings is 1. The molecule has 0 amide bonds. The van der Waals surface area contributed by atoms with Crippen LogP contribution in [-0.2, 0) is 6.54 Å². The normalized spacial score (nSPS) is 17.2. The third-order valence-corrected chi connectivity index (χ3v) is 4.16. The Morgan fingerprint density at radius 3 is 2.80 bits per heavy atom. The average Bonchev–Trinajstić information content (AvgIpc) is 2.81. The second kappa shape index (κ2) is 5.72. The van der Waals surface area contributed by atoms with Gasteiger partial charge in [-0.1, -0.05) is 25.4 Å². The van der Waals surface area contributed by atoms with Crippen LogP contribution in [0.3, 0.4) is 0 Å². The Morgan fingerprint density at radius 1 is 1.35 bits per heavy atom. The largest absolute Gasteiger partial charge is 0.314 e. The third kappa shape index (κ3) is 2.55. The Balaban J connectivity index is 2.02. The lowest BCUT2D eigenvalue weighted by Gasteiger charge is -2.27. The number of nitrogens with one attached hydrogen (secondary N) is 1. The highest BCUT2D eigenvalue weighted by atomic mass is 35.5. The molecule has 0 unspecified atom stereocenters. The number of hydrogen-bond acceptors (Lipinski definition) is 3. The van der Waals surface area contributed by atoms with Gasteiger partial charge in [0.05, 0.1) is 16.4 Å². The van der Waals surface area contributed by atoms with E-state index in [0.717, 1.165) is 49.1 Å². The first-order chi connectivity index (χ1) is 9.66. The van der Waals surface area contributed by atoms with Gasteiger partial charge in [0, 0.05) is 38.9 Å². The van der Waals surface area contributed by atoms with Gasteiger partial charge in [0.2, 0.25) is 0 Å². The molecule has 4 nitrogen and oxygen atoms in total. The van der Waals surface area contributed by atoms with E-state index >= 15 is 0 Å². The summed E-state index contributed by atoms with van der Waals surface area (Å²) >= 11 is 6.28. The number of aromatic nitrogens is 2. The van der Waals surface area contributed by atoms with Crippen LogP contribution in [0.4, 0.5) is 0 Å². The minimum atomic E-state index is 0.406. The van der Waals surface area contributed by atoms with E-state index < -0.39 is 0 Å². The lowest BCUT2D eigenvalue weighted by atomic mass is 10.1. The Hall–Kier alpha value is -1.10. The molecule has 0 aliphatic carbocycles. The van der Waals surface area contributed by atoms with Crippen LogP contribution in [0.2, 0.25) is 5.02 Å². The van der Waals surface area contributed by atoms with Crippen LogP contribution in [-0.4, -0.2) is 40.5 Å². The van der Waals surface area contributed by atoms with Crippen LogP contribution in [0.5, 0.6) is 0 Å². The number of hydrogen-bond donors (Lipinski definition) is 1. The molecule has 108 valence electrons. The van der Waals surface area contributed by atoms with E-state index in [4.69, 9.17) is 16.6 Å². The zero-order valence-corrected chi connectivity index (χ0v) is 12.8. The van der Waals surface area contributed by atoms with E-state index in [1.54, 1.807) is 0 Å². The number of halogens is 1. The molecule has 1 aliphatic rings. The van der Waals surface area contributed by atoms with Gasteiger partial charge in [-0.2, -0.15) is 0 Å². The van der Waals surface area contributed by atoms with Crippen molar-refractivity contribution in [3.05, 3.63) is 34.7 Å². The molecule has 20 heavy (non-hydrogen) atoms. The van der Waals surface area contributed by atoms with Gasteiger partial charge in [-0.25, -0.2) is 4.98 Å². The highest BCUT2D eigenvalue weighted by Gasteiger charge is 2.19. The van der Waals surface area contributed by atoms with Gasteiger partial charge >= 0.3 is 0 Å². The Bertz CT molecular complexity index is 599. The predicted octanol–water partition coefficient (Wildman–Crippen LogP) is 2.52. The molecule has 1 aliphatic heterocycles. The molecule has 0 radical (unpaired) electrons. The standard InChI is InChI=1S/C15H21ClN4/c1-11(2)14-13(10-19-8-5-17-6-9-19)20-7-3-4-12(16)15(20)18-14/h3-4,7,11,17H,5-6,8-10H2,1-2H3. The molecule has 0 aromatic carbocycles. The number of nitrogens with zero attached hydrogens (tertiary/aromatic N) is 3. The second-order valence-corrected chi connectivity index (χ2v) is 6.08. The summed E-state index contributed by atoms with van der Waals surface area (Å²) < 4.78 is 2.15. The van der Waals surface area contributed by atoms with Gasteiger partial charge in [0.15, 0.2) is 5.65 Å². The van der Waals surface area contributed by atoms with E-state index in [0.29, 0.717) is 5.92 Å². The van der Waals surface area contributed by atoms with Crippen molar-refractivity contribution in [2.75, 3.05) is 26.2 Å². The topological polar surface area (TPSA) is 32.6 Å². The molecule has 5 heteroatoms. The summed E-state index contributed by atoms with van der Waals surface area (Å²) in [5.74, 6) is 0.406. The zero-order chi connectivity index (χ0) is 14.1. The Labute approximate surface area is 124 Å². The summed E-state index contributed by atoms with van der Waals surface area (Å²) in [5.41, 5.74) is 3.32. The van der Waals surface area contributed by atoms with Crippen LogP contribution in [0.15, 0.2) is 18.3 Å². The van der Waals surface area contributed by atoms with Crippen molar-refractivity contribution >= 4 is 17.2 Å². The first-order valence-electron chi connectivity index (χ1n) is 7.25. The summed E-state index contributed by atoms with van der Waals surface area (Å²) in [6.07, 6.45) is 2.07. The predicted molar refractivity (Wildman–Crippen MR) is 82.4 cm³/mol. The summed E-state index contributed by atoms with van der Waals surface area (Å²) in [6, 6.07) is 3.89. The van der Waals surface area contributed by atoms with Gasteiger partial charge in [0.1, 0.15) is 0 Å². The minimum absolute atomic E-state index is 0.406. The van der Waals surface area contributed by atoms with Crippen molar-refractivity contribution in [3.63, 3.8) is 0 Å². The number of rotatable bonds is 3. The van der Waals surface area contributed by atoms with Crippen LogP contribution < -0.4 is 5.32 Å². The fourth-order valence-corrected chi connectivity index (χ4v) is 3.01. The lowest BCUT2D eigenvalue weighted by molar-refractivity contribution is 0.229. The van der Waals surface area contributed by atoms with Gasteiger partial charge in [-0.15, -0.1) is 0 Å². The lowest BCUT2D eigenvalue weighted by Crippen LogP contribution is -2.43. The molecule has 1 fully saturated rings. The van der Waals surface area contributed by atoms with E-state index in [1.807, 2.05) is 12.1 Å². The van der Waals surface area contributed by atoms with Crippen LogP contribution >= 0.6 is 11.6 Å². The van der Waals surface area contributed by atoms with Crippen LogP contribution in [0.1, 0.15) is 31.2 Å². The zero-order valence-electron chi connectivity index (χ0n) is 12.1. The molecule has 0 bridgehead atoms. The number of imidazole rings is 1. The van der Waals surface area contributed by atoms with Gasteiger partial charge < -0.3 is 9.72 Å². The minimum Gasteiger partial charge on any atom is -0.314 e. The average molecular weight is 293 g/mol. The maximum atomic E-state index is 6.28. The van der Waals surface area contributed by atoms with E-state index in [9.17, 15) is 0 Å². The maximum Gasteiger partial charge on any atom is 0.156 e. The van der Waals surface area contributed by atoms with E-state index in [1.165, 1.54) is 5.69 Å². The summed E-state index contributed by atoms with van der Waals surface area (Å²) in [7, 11) is 0. The molecule has 0 spiro atoms. The molecule has 1 N–H and O–H groups in total. The Morgan fingerprint density at radius 2 is 2.10 bits per heavy atom. The van der Waals surface area contributed by atoms with Crippen molar-refractivity contribution in [2.45, 2.75) is 26.3 Å². The molecule has 2 aromatic heterocycles. The highest BCUT2D eigenvalue weighted by molar-refractivity contribution is 6.33. The van der Waals surface area contributed by atoms with E-state index in [-0.39, 0.29) is 0 Å². The molecule has 0 atom stereocenters. The van der Waals surface area contributed by atoms with Crippen LogP contribution in [0.25, 0.3) is 5.65 Å². The van der Waals surface area contributed by atoms with Crippen molar-refractivity contribution in [3.8, 4) is 0 Å². The van der Waals surface area contributed by atoms with Gasteiger partial charge in [-0.3, -0.25) is 4.90 Å². The molecule has 3 rings (SSSR count). The highest BCUT2D eigenvalue weighted by Crippen LogP contribution is 2.25. The van der Waals surface area contributed by atoms with Crippen molar-refractivity contribution in [1.29, 1.82) is 0 Å². The van der Waals surface area contributed by atoms with Crippen LogP contribution in [0, 0.1) is 0 Å². The number of pyridine rings is 1. The first kappa shape index (κ1) is 13.9. The molecular weight excluding hydrogens is 272 g/mol. The molecule has 3 heterocycles. The summed E-state index contributed by atoms with van der Waals surface area (Å²) in [6.45, 7) is 9.63. The quantitative estimate of drug-likeness (QED) is 0.943. The summed E-state index contributed by atoms with van der Waals surface area (Å²) in [4.78, 5) is 7.24. The molecule has 2 aromatic rings. The van der Waals surface area contributed by atoms with Gasteiger partial charge in [0.25, 0.3) is 0 Å². The summed E-state index contributed by atoms with van der Waals surface area (Å²) in [5, 5.41) is 4.12. The Kier molecular flexibility index (Phi) is 3.96. The third-order valence-electron chi connectivity index (χ3n) is 3.86. The van der Waals surface area contributed by atoms with E-state index in [2.05, 4.69) is 34.7 Å². The number of fused-ring (bicyclic) bond motifs is 1. The monoisotopic (exact) mass is 292 g/mol. The molecule has 1 saturated heterocycles. The van der Waals surface area contributed by atoms with Crippen molar-refractivity contribution in [2.24, 2.45) is 0 Å². The smallest absolute Gasteiger partial charge is 0.156 e. The van der Waals surface area contributed by atoms with Crippen molar-refractivity contribution in [1.82, 2.24) is 19.6 Å². The SMILES string of the molecule is CC(C)c1nc2c(Cl)cccn2c1CN1CCNCC1. The second-order valence-electron chi connectivity index (χ2n) is 5.67. The van der Waals surface area contributed by atoms with Gasteiger partial charge in [-0.05, 0) is 18.1 Å². The molecular formula is C15H21ClN4. The molecule has 0 saturated carbocycles. The fraction of sp³-hybridized carbons (Fsp3) is 0.533.